The number of ether oxygens (including phenoxy) is 1. The fraction of sp³-hybridized carbons (Fsp3) is 0.185. The number of nitrogens with zero attached hydrogens (tertiary/aromatic N) is 1. The number of rotatable bonds is 6. The molecule has 0 aliphatic heterocycles. The van der Waals surface area contributed by atoms with E-state index >= 15 is 0 Å². The van der Waals surface area contributed by atoms with Crippen LogP contribution >= 0.6 is 11.3 Å². The SMILES string of the molecule is CCOC(=O)c1c(NC(=O)c2cc(-c3cccc(C)c3)nc3ccccc23)sc(C(C)=O)c1C. The number of aryl methyl sites for hydroxylation is 1. The van der Waals surface area contributed by atoms with Gasteiger partial charge in [-0.25, -0.2) is 9.78 Å². The van der Waals surface area contributed by atoms with E-state index in [1.54, 1.807) is 19.9 Å². The zero-order chi connectivity index (χ0) is 24.4. The predicted molar refractivity (Wildman–Crippen MR) is 135 cm³/mol. The molecule has 0 saturated carbocycles. The smallest absolute Gasteiger partial charge is 0.341 e. The molecular formula is C27H24N2O4S. The number of Topliss-reactive ketones (excluding diaryl/α,β-unsaturated/α-hetero) is 1. The molecule has 0 radical (unpaired) electrons. The van der Waals surface area contributed by atoms with Crippen molar-refractivity contribution in [2.75, 3.05) is 11.9 Å². The van der Waals surface area contributed by atoms with Gasteiger partial charge in [-0.2, -0.15) is 0 Å². The molecule has 6 nitrogen and oxygen atoms in total. The second-order valence-corrected chi connectivity index (χ2v) is 8.95. The molecule has 7 heteroatoms. The van der Waals surface area contributed by atoms with E-state index in [1.165, 1.54) is 6.92 Å². The standard InChI is InChI=1S/C27H24N2O4S/c1-5-33-27(32)23-16(3)24(17(4)30)34-26(23)29-25(31)20-14-22(18-10-8-9-15(2)13-18)28-21-12-7-6-11-19(20)21/h6-14H,5H2,1-4H3,(H,29,31). The van der Waals surface area contributed by atoms with Crippen LogP contribution < -0.4 is 5.32 Å². The number of hydrogen-bond acceptors (Lipinski definition) is 6. The molecule has 0 spiro atoms. The van der Waals surface area contributed by atoms with Crippen LogP contribution in [-0.2, 0) is 4.74 Å². The van der Waals surface area contributed by atoms with Crippen LogP contribution in [0.1, 0.15) is 55.4 Å². The summed E-state index contributed by atoms with van der Waals surface area (Å²) in [5.74, 6) is -1.14. The summed E-state index contributed by atoms with van der Waals surface area (Å²) in [5.41, 5.74) is 4.48. The molecule has 0 fully saturated rings. The van der Waals surface area contributed by atoms with Crippen LogP contribution in [-0.4, -0.2) is 29.3 Å². The quantitative estimate of drug-likeness (QED) is 0.266. The minimum atomic E-state index is -0.570. The average molecular weight is 473 g/mol. The van der Waals surface area contributed by atoms with E-state index in [2.05, 4.69) is 5.32 Å². The maximum absolute atomic E-state index is 13.5. The lowest BCUT2D eigenvalue weighted by atomic mass is 10.0. The predicted octanol–water partition coefficient (Wildman–Crippen LogP) is 6.21. The number of pyridine rings is 1. The van der Waals surface area contributed by atoms with Crippen molar-refractivity contribution in [3.63, 3.8) is 0 Å². The fourth-order valence-electron chi connectivity index (χ4n) is 3.87. The van der Waals surface area contributed by atoms with Gasteiger partial charge in [0.2, 0.25) is 0 Å². The van der Waals surface area contributed by atoms with Gasteiger partial charge in [-0.1, -0.05) is 42.0 Å². The Morgan fingerprint density at radius 1 is 1.03 bits per heavy atom. The van der Waals surface area contributed by atoms with Crippen LogP contribution in [0.25, 0.3) is 22.2 Å². The topological polar surface area (TPSA) is 85.4 Å². The molecule has 0 atom stereocenters. The lowest BCUT2D eigenvalue weighted by Gasteiger charge is -2.11. The van der Waals surface area contributed by atoms with E-state index in [9.17, 15) is 14.4 Å². The third kappa shape index (κ3) is 4.47. The van der Waals surface area contributed by atoms with Crippen molar-refractivity contribution in [1.82, 2.24) is 4.98 Å². The summed E-state index contributed by atoms with van der Waals surface area (Å²) >= 11 is 1.08. The summed E-state index contributed by atoms with van der Waals surface area (Å²) in [6.45, 7) is 7.02. The summed E-state index contributed by atoms with van der Waals surface area (Å²) in [6, 6.07) is 17.1. The number of amides is 1. The summed E-state index contributed by atoms with van der Waals surface area (Å²) in [6.07, 6.45) is 0. The Hall–Kier alpha value is -3.84. The number of fused-ring (bicyclic) bond motifs is 1. The van der Waals surface area contributed by atoms with E-state index < -0.39 is 11.9 Å². The summed E-state index contributed by atoms with van der Waals surface area (Å²) in [7, 11) is 0. The number of esters is 1. The van der Waals surface area contributed by atoms with Gasteiger partial charge in [-0.05, 0) is 51.5 Å². The van der Waals surface area contributed by atoms with Crippen LogP contribution in [0.3, 0.4) is 0 Å². The van der Waals surface area contributed by atoms with Crippen molar-refractivity contribution in [2.24, 2.45) is 0 Å². The van der Waals surface area contributed by atoms with Crippen molar-refractivity contribution < 1.29 is 19.1 Å². The monoisotopic (exact) mass is 472 g/mol. The van der Waals surface area contributed by atoms with E-state index in [0.717, 1.165) is 22.5 Å². The summed E-state index contributed by atoms with van der Waals surface area (Å²) in [4.78, 5) is 43.4. The number of ketones is 1. The molecule has 172 valence electrons. The summed E-state index contributed by atoms with van der Waals surface area (Å²) in [5, 5.41) is 3.85. The molecular weight excluding hydrogens is 448 g/mol. The van der Waals surface area contributed by atoms with Gasteiger partial charge in [0, 0.05) is 10.9 Å². The number of carbonyl (C=O) groups excluding carboxylic acids is 3. The number of nitrogens with one attached hydrogen (secondary N) is 1. The minimum Gasteiger partial charge on any atom is -0.462 e. The molecule has 0 saturated heterocycles. The molecule has 2 heterocycles. The van der Waals surface area contributed by atoms with Gasteiger partial charge in [0.1, 0.15) is 5.00 Å². The van der Waals surface area contributed by atoms with E-state index in [1.807, 2.05) is 55.5 Å². The lowest BCUT2D eigenvalue weighted by molar-refractivity contribution is 0.0527. The molecule has 4 rings (SSSR count). The first-order chi connectivity index (χ1) is 16.3. The maximum Gasteiger partial charge on any atom is 0.341 e. The zero-order valence-electron chi connectivity index (χ0n) is 19.4. The van der Waals surface area contributed by atoms with Crippen molar-refractivity contribution in [1.29, 1.82) is 0 Å². The van der Waals surface area contributed by atoms with Crippen LogP contribution in [0.15, 0.2) is 54.6 Å². The highest BCUT2D eigenvalue weighted by molar-refractivity contribution is 7.18. The van der Waals surface area contributed by atoms with Gasteiger partial charge in [-0.15, -0.1) is 11.3 Å². The molecule has 34 heavy (non-hydrogen) atoms. The fourth-order valence-corrected chi connectivity index (χ4v) is 4.96. The van der Waals surface area contributed by atoms with Crippen molar-refractivity contribution in [2.45, 2.75) is 27.7 Å². The van der Waals surface area contributed by atoms with Gasteiger partial charge >= 0.3 is 5.97 Å². The molecule has 2 aromatic heterocycles. The van der Waals surface area contributed by atoms with Crippen LogP contribution in [0, 0.1) is 13.8 Å². The van der Waals surface area contributed by atoms with E-state index in [-0.39, 0.29) is 18.0 Å². The number of aromatic nitrogens is 1. The van der Waals surface area contributed by atoms with Gasteiger partial charge in [0.05, 0.1) is 33.8 Å². The zero-order valence-corrected chi connectivity index (χ0v) is 20.2. The molecule has 0 unspecified atom stereocenters. The van der Waals surface area contributed by atoms with E-state index in [4.69, 9.17) is 9.72 Å². The number of thiophene rings is 1. The Morgan fingerprint density at radius 3 is 2.50 bits per heavy atom. The third-order valence-electron chi connectivity index (χ3n) is 5.45. The molecule has 0 bridgehead atoms. The Bertz CT molecular complexity index is 1440. The van der Waals surface area contributed by atoms with Gasteiger partial charge < -0.3 is 10.1 Å². The Morgan fingerprint density at radius 2 is 1.79 bits per heavy atom. The third-order valence-corrected chi connectivity index (χ3v) is 6.76. The molecule has 2 aromatic carbocycles. The van der Waals surface area contributed by atoms with Crippen molar-refractivity contribution >= 4 is 44.9 Å². The number of benzene rings is 2. The average Bonchev–Trinajstić information content (AvgIpc) is 3.14. The van der Waals surface area contributed by atoms with Gasteiger partial charge in [-0.3, -0.25) is 9.59 Å². The second kappa shape index (κ2) is 9.57. The first-order valence-electron chi connectivity index (χ1n) is 10.9. The highest BCUT2D eigenvalue weighted by Crippen LogP contribution is 2.35. The normalized spacial score (nSPS) is 10.8. The first-order valence-corrected chi connectivity index (χ1v) is 11.7. The van der Waals surface area contributed by atoms with Crippen LogP contribution in [0.5, 0.6) is 0 Å². The number of anilines is 1. The molecule has 4 aromatic rings. The molecule has 0 aliphatic rings. The summed E-state index contributed by atoms with van der Waals surface area (Å²) < 4.78 is 5.18. The van der Waals surface area contributed by atoms with E-state index in [0.29, 0.717) is 37.6 Å². The minimum absolute atomic E-state index is 0.176. The molecule has 0 aliphatic carbocycles. The molecule has 1 amide bonds. The number of carbonyl (C=O) groups is 3. The first kappa shape index (κ1) is 23.3. The van der Waals surface area contributed by atoms with Crippen molar-refractivity contribution in [3.8, 4) is 11.3 Å². The largest absolute Gasteiger partial charge is 0.462 e. The highest BCUT2D eigenvalue weighted by Gasteiger charge is 2.26. The second-order valence-electron chi connectivity index (χ2n) is 7.93. The Kier molecular flexibility index (Phi) is 6.56. The highest BCUT2D eigenvalue weighted by atomic mass is 32.1. The maximum atomic E-state index is 13.5. The number of para-hydroxylation sites is 1. The number of hydrogen-bond donors (Lipinski definition) is 1. The van der Waals surface area contributed by atoms with Gasteiger partial charge in [0.15, 0.2) is 5.78 Å². The van der Waals surface area contributed by atoms with Crippen LogP contribution in [0.4, 0.5) is 5.00 Å². The Balaban J connectivity index is 1.82. The molecule has 1 N–H and O–H groups in total. The van der Waals surface area contributed by atoms with Crippen molar-refractivity contribution in [3.05, 3.63) is 81.7 Å². The van der Waals surface area contributed by atoms with Crippen LogP contribution in [0.2, 0.25) is 0 Å². The Labute approximate surface area is 201 Å². The lowest BCUT2D eigenvalue weighted by Crippen LogP contribution is -2.15. The van der Waals surface area contributed by atoms with Gasteiger partial charge in [0.25, 0.3) is 5.91 Å².